The van der Waals surface area contributed by atoms with E-state index in [2.05, 4.69) is 20.2 Å². The molecule has 1 aromatic heterocycles. The minimum absolute atomic E-state index is 0.165. The van der Waals surface area contributed by atoms with E-state index in [1.807, 2.05) is 19.9 Å². The lowest BCUT2D eigenvalue weighted by Crippen LogP contribution is -2.45. The zero-order valence-corrected chi connectivity index (χ0v) is 14.8. The van der Waals surface area contributed by atoms with Gasteiger partial charge < -0.3 is 15.0 Å². The molecule has 0 spiro atoms. The van der Waals surface area contributed by atoms with Crippen LogP contribution in [0.4, 0.5) is 5.82 Å². The van der Waals surface area contributed by atoms with Crippen LogP contribution in [0.1, 0.15) is 50.0 Å². The zero-order chi connectivity index (χ0) is 16.9. The number of anilines is 1. The molecule has 0 aromatic carbocycles. The van der Waals surface area contributed by atoms with Crippen LogP contribution in [0.25, 0.3) is 0 Å². The molecule has 3 rings (SSSR count). The van der Waals surface area contributed by atoms with Crippen LogP contribution >= 0.6 is 0 Å². The van der Waals surface area contributed by atoms with Gasteiger partial charge in [-0.1, -0.05) is 0 Å². The van der Waals surface area contributed by atoms with Gasteiger partial charge in [-0.2, -0.15) is 0 Å². The van der Waals surface area contributed by atoms with Crippen molar-refractivity contribution in [2.75, 3.05) is 24.6 Å². The summed E-state index contributed by atoms with van der Waals surface area (Å²) in [6, 6.07) is 2.32. The summed E-state index contributed by atoms with van der Waals surface area (Å²) in [5.41, 5.74) is 1.00. The maximum Gasteiger partial charge on any atom is 0.220 e. The number of hydrogen-bond donors (Lipinski definition) is 1. The van der Waals surface area contributed by atoms with Crippen molar-refractivity contribution in [3.8, 4) is 0 Å². The standard InChI is InChI=1S/C18H28N4O2/c1-13-12-17(20-14(2)19-13)22-9-7-15(8-10-22)21-18(23)6-5-16-4-3-11-24-16/h12,15-16H,3-11H2,1-2H3,(H,21,23)/t16-/m1/s1. The van der Waals surface area contributed by atoms with Gasteiger partial charge in [0.15, 0.2) is 0 Å². The summed E-state index contributed by atoms with van der Waals surface area (Å²) in [6.07, 6.45) is 5.89. The van der Waals surface area contributed by atoms with Gasteiger partial charge in [-0.05, 0) is 46.0 Å². The highest BCUT2D eigenvalue weighted by Crippen LogP contribution is 2.20. The highest BCUT2D eigenvalue weighted by atomic mass is 16.5. The van der Waals surface area contributed by atoms with Crippen molar-refractivity contribution in [1.82, 2.24) is 15.3 Å². The molecule has 132 valence electrons. The lowest BCUT2D eigenvalue weighted by atomic mass is 10.0. The van der Waals surface area contributed by atoms with Crippen LogP contribution < -0.4 is 10.2 Å². The molecule has 0 aliphatic carbocycles. The van der Waals surface area contributed by atoms with Crippen LogP contribution in [0.5, 0.6) is 0 Å². The molecule has 2 fully saturated rings. The Bertz CT molecular complexity index is 544. The Balaban J connectivity index is 1.42. The Morgan fingerprint density at radius 3 is 2.75 bits per heavy atom. The minimum Gasteiger partial charge on any atom is -0.378 e. The van der Waals surface area contributed by atoms with Gasteiger partial charge in [0.05, 0.1) is 6.10 Å². The number of aryl methyl sites for hydroxylation is 2. The van der Waals surface area contributed by atoms with Crippen LogP contribution in [0, 0.1) is 13.8 Å². The van der Waals surface area contributed by atoms with E-state index in [9.17, 15) is 4.79 Å². The molecule has 0 saturated carbocycles. The topological polar surface area (TPSA) is 67.4 Å². The van der Waals surface area contributed by atoms with Gasteiger partial charge in [0.25, 0.3) is 0 Å². The third-order valence-corrected chi connectivity index (χ3v) is 4.85. The number of piperidine rings is 1. The van der Waals surface area contributed by atoms with E-state index in [0.717, 1.165) is 69.1 Å². The number of carbonyl (C=O) groups excluding carboxylic acids is 1. The monoisotopic (exact) mass is 332 g/mol. The summed E-state index contributed by atoms with van der Waals surface area (Å²) in [5, 5.41) is 3.18. The third-order valence-electron chi connectivity index (χ3n) is 4.85. The van der Waals surface area contributed by atoms with Crippen LogP contribution in [0.3, 0.4) is 0 Å². The number of nitrogens with one attached hydrogen (secondary N) is 1. The number of rotatable bonds is 5. The van der Waals surface area contributed by atoms with Gasteiger partial charge in [-0.25, -0.2) is 9.97 Å². The van der Waals surface area contributed by atoms with Gasteiger partial charge in [-0.3, -0.25) is 4.79 Å². The molecule has 0 radical (unpaired) electrons. The fourth-order valence-corrected chi connectivity index (χ4v) is 3.58. The highest BCUT2D eigenvalue weighted by molar-refractivity contribution is 5.76. The van der Waals surface area contributed by atoms with Crippen molar-refractivity contribution >= 4 is 11.7 Å². The Morgan fingerprint density at radius 1 is 1.29 bits per heavy atom. The highest BCUT2D eigenvalue weighted by Gasteiger charge is 2.23. The summed E-state index contributed by atoms with van der Waals surface area (Å²) in [6.45, 7) is 6.63. The first-order chi connectivity index (χ1) is 11.6. The molecule has 2 saturated heterocycles. The maximum atomic E-state index is 12.1. The minimum atomic E-state index is 0.165. The number of aromatic nitrogens is 2. The molecule has 6 heteroatoms. The second kappa shape index (κ2) is 7.92. The van der Waals surface area contributed by atoms with Crippen molar-refractivity contribution < 1.29 is 9.53 Å². The molecular weight excluding hydrogens is 304 g/mol. The second-order valence-electron chi connectivity index (χ2n) is 6.92. The molecule has 1 atom stereocenters. The zero-order valence-electron chi connectivity index (χ0n) is 14.8. The van der Waals surface area contributed by atoms with E-state index >= 15 is 0 Å². The lowest BCUT2D eigenvalue weighted by molar-refractivity contribution is -0.122. The third kappa shape index (κ3) is 4.66. The predicted molar refractivity (Wildman–Crippen MR) is 93.1 cm³/mol. The van der Waals surface area contributed by atoms with Crippen LogP contribution in [0.15, 0.2) is 6.07 Å². The number of nitrogens with zero attached hydrogens (tertiary/aromatic N) is 3. The number of amides is 1. The average Bonchev–Trinajstić information content (AvgIpc) is 3.06. The van der Waals surface area contributed by atoms with Crippen LogP contribution in [0.2, 0.25) is 0 Å². The SMILES string of the molecule is Cc1cc(N2CCC(NC(=O)CC[C@H]3CCCO3)CC2)nc(C)n1. The molecule has 0 bridgehead atoms. The van der Waals surface area contributed by atoms with Gasteiger partial charge in [0, 0.05) is 43.9 Å². The fourth-order valence-electron chi connectivity index (χ4n) is 3.58. The van der Waals surface area contributed by atoms with Crippen LogP contribution in [-0.2, 0) is 9.53 Å². The van der Waals surface area contributed by atoms with E-state index in [4.69, 9.17) is 4.74 Å². The molecule has 1 N–H and O–H groups in total. The molecule has 0 unspecified atom stereocenters. The second-order valence-corrected chi connectivity index (χ2v) is 6.92. The van der Waals surface area contributed by atoms with Crippen molar-refractivity contribution in [1.29, 1.82) is 0 Å². The first-order valence-electron chi connectivity index (χ1n) is 9.08. The van der Waals surface area contributed by atoms with Crippen molar-refractivity contribution in [3.05, 3.63) is 17.6 Å². The average molecular weight is 332 g/mol. The van der Waals surface area contributed by atoms with E-state index in [1.54, 1.807) is 0 Å². The van der Waals surface area contributed by atoms with Gasteiger partial charge in [0.1, 0.15) is 11.6 Å². The summed E-state index contributed by atoms with van der Waals surface area (Å²) in [4.78, 5) is 23.3. The van der Waals surface area contributed by atoms with Crippen molar-refractivity contribution in [2.45, 2.75) is 64.5 Å². The van der Waals surface area contributed by atoms with Gasteiger partial charge in [0.2, 0.25) is 5.91 Å². The first kappa shape index (κ1) is 17.1. The molecule has 1 aromatic rings. The van der Waals surface area contributed by atoms with Gasteiger partial charge >= 0.3 is 0 Å². The summed E-state index contributed by atoms with van der Waals surface area (Å²) in [5.74, 6) is 1.98. The lowest BCUT2D eigenvalue weighted by Gasteiger charge is -2.33. The normalized spacial score (nSPS) is 21.9. The quantitative estimate of drug-likeness (QED) is 0.895. The Labute approximate surface area is 144 Å². The number of ether oxygens (including phenoxy) is 1. The van der Waals surface area contributed by atoms with E-state index in [0.29, 0.717) is 12.5 Å². The Kier molecular flexibility index (Phi) is 5.66. The molecule has 24 heavy (non-hydrogen) atoms. The maximum absolute atomic E-state index is 12.1. The number of hydrogen-bond acceptors (Lipinski definition) is 5. The summed E-state index contributed by atoms with van der Waals surface area (Å²) >= 11 is 0. The first-order valence-corrected chi connectivity index (χ1v) is 9.08. The molecular formula is C18H28N4O2. The summed E-state index contributed by atoms with van der Waals surface area (Å²) in [7, 11) is 0. The van der Waals surface area contributed by atoms with E-state index in [1.165, 1.54) is 0 Å². The molecule has 2 aliphatic rings. The molecule has 3 heterocycles. The Hall–Kier alpha value is -1.69. The fraction of sp³-hybridized carbons (Fsp3) is 0.722. The van der Waals surface area contributed by atoms with Crippen molar-refractivity contribution in [3.63, 3.8) is 0 Å². The molecule has 6 nitrogen and oxygen atoms in total. The number of carbonyl (C=O) groups is 1. The predicted octanol–water partition coefficient (Wildman–Crippen LogP) is 2.14. The van der Waals surface area contributed by atoms with Crippen molar-refractivity contribution in [2.24, 2.45) is 0 Å². The Morgan fingerprint density at radius 2 is 2.08 bits per heavy atom. The molecule has 1 amide bonds. The molecule has 2 aliphatic heterocycles. The van der Waals surface area contributed by atoms with Crippen LogP contribution in [-0.4, -0.2) is 47.7 Å². The summed E-state index contributed by atoms with van der Waals surface area (Å²) < 4.78 is 5.58. The van der Waals surface area contributed by atoms with E-state index < -0.39 is 0 Å². The van der Waals surface area contributed by atoms with Gasteiger partial charge in [-0.15, -0.1) is 0 Å². The van der Waals surface area contributed by atoms with E-state index in [-0.39, 0.29) is 11.9 Å². The smallest absolute Gasteiger partial charge is 0.220 e. The largest absolute Gasteiger partial charge is 0.378 e.